The van der Waals surface area contributed by atoms with Gasteiger partial charge in [0.05, 0.1) is 34.4 Å². The zero-order valence-corrected chi connectivity index (χ0v) is 20.3. The lowest BCUT2D eigenvalue weighted by atomic mass is 9.74. The second kappa shape index (κ2) is 8.45. The van der Waals surface area contributed by atoms with E-state index in [0.717, 1.165) is 24.8 Å². The molecule has 3 heterocycles. The van der Waals surface area contributed by atoms with Gasteiger partial charge in [0.1, 0.15) is 17.7 Å². The van der Waals surface area contributed by atoms with E-state index in [2.05, 4.69) is 11.9 Å². The van der Waals surface area contributed by atoms with Gasteiger partial charge in [-0.25, -0.2) is 9.37 Å². The van der Waals surface area contributed by atoms with E-state index >= 15 is 0 Å². The summed E-state index contributed by atoms with van der Waals surface area (Å²) in [5, 5.41) is 0.407. The molecule has 0 N–H and O–H groups in total. The third-order valence-electron chi connectivity index (χ3n) is 7.14. The van der Waals surface area contributed by atoms with Crippen molar-refractivity contribution in [2.45, 2.75) is 45.3 Å². The molecule has 0 radical (unpaired) electrons. The molecule has 4 unspecified atom stereocenters. The van der Waals surface area contributed by atoms with Gasteiger partial charge in [0.15, 0.2) is 16.7 Å². The van der Waals surface area contributed by atoms with Gasteiger partial charge in [-0.15, -0.1) is 0 Å². The molecule has 0 bridgehead atoms. The van der Waals surface area contributed by atoms with Gasteiger partial charge in [0.2, 0.25) is 0 Å². The number of ketones is 1. The van der Waals surface area contributed by atoms with Gasteiger partial charge in [-0.1, -0.05) is 30.4 Å². The first-order chi connectivity index (χ1) is 16.9. The Morgan fingerprint density at radius 1 is 1.20 bits per heavy atom. The first-order valence-corrected chi connectivity index (χ1v) is 12.8. The maximum atomic E-state index is 13.9. The molecule has 1 aromatic heterocycles. The number of hydrogen-bond acceptors (Lipinski definition) is 6. The summed E-state index contributed by atoms with van der Waals surface area (Å²) in [6, 6.07) is 11.1. The molecule has 3 aromatic rings. The Labute approximate surface area is 206 Å². The fourth-order valence-corrected chi connectivity index (χ4v) is 6.54. The number of ether oxygens (including phenoxy) is 2. The number of carbonyl (C=O) groups excluding carboxylic acids is 2. The largest absolute Gasteiger partial charge is 0.494 e. The number of rotatable bonds is 4. The van der Waals surface area contributed by atoms with Crippen molar-refractivity contribution in [1.82, 2.24) is 4.98 Å². The van der Waals surface area contributed by atoms with E-state index in [1.54, 1.807) is 6.07 Å². The molecular formula is C27H25FN2O4S. The lowest BCUT2D eigenvalue weighted by molar-refractivity contribution is -0.132. The van der Waals surface area contributed by atoms with E-state index in [0.29, 0.717) is 39.2 Å². The zero-order valence-electron chi connectivity index (χ0n) is 19.5. The molecule has 1 fully saturated rings. The number of hydrogen-bond donors (Lipinski definition) is 0. The summed E-state index contributed by atoms with van der Waals surface area (Å²) in [5.41, 5.74) is 1.74. The number of fused-ring (bicyclic) bond motifs is 2. The average molecular weight is 493 g/mol. The Morgan fingerprint density at radius 2 is 2.06 bits per heavy atom. The van der Waals surface area contributed by atoms with Crippen LogP contribution in [0.1, 0.15) is 44.7 Å². The molecule has 1 amide bonds. The number of thiazole rings is 1. The quantitative estimate of drug-likeness (QED) is 0.476. The number of nitrogens with zero attached hydrogens (tertiary/aromatic N) is 2. The van der Waals surface area contributed by atoms with Gasteiger partial charge < -0.3 is 9.47 Å². The molecule has 3 aliphatic rings. The fraction of sp³-hybridized carbons (Fsp3) is 0.370. The van der Waals surface area contributed by atoms with Gasteiger partial charge in [0.25, 0.3) is 5.91 Å². The number of carbonyl (C=O) groups is 2. The predicted molar refractivity (Wildman–Crippen MR) is 131 cm³/mol. The topological polar surface area (TPSA) is 68.7 Å². The second-order valence-corrected chi connectivity index (χ2v) is 10.5. The highest BCUT2D eigenvalue weighted by atomic mass is 32.1. The van der Waals surface area contributed by atoms with Crippen molar-refractivity contribution in [3.8, 4) is 5.75 Å². The van der Waals surface area contributed by atoms with E-state index in [1.807, 2.05) is 31.2 Å². The van der Waals surface area contributed by atoms with Crippen LogP contribution >= 0.6 is 11.3 Å². The zero-order chi connectivity index (χ0) is 24.3. The minimum atomic E-state index is -0.686. The van der Waals surface area contributed by atoms with Crippen LogP contribution in [0, 0.1) is 17.7 Å². The number of anilines is 1. The molecular weight excluding hydrogens is 467 g/mol. The van der Waals surface area contributed by atoms with Gasteiger partial charge in [-0.3, -0.25) is 14.5 Å². The monoisotopic (exact) mass is 492 g/mol. The van der Waals surface area contributed by atoms with E-state index in [1.165, 1.54) is 28.4 Å². The van der Waals surface area contributed by atoms with E-state index < -0.39 is 6.04 Å². The van der Waals surface area contributed by atoms with Crippen LogP contribution < -0.4 is 9.64 Å². The molecule has 0 saturated heterocycles. The summed E-state index contributed by atoms with van der Waals surface area (Å²) in [6.45, 7) is 4.56. The average Bonchev–Trinajstić information content (AvgIpc) is 3.38. The van der Waals surface area contributed by atoms with E-state index in [-0.39, 0.29) is 35.3 Å². The number of benzene rings is 2. The van der Waals surface area contributed by atoms with Crippen LogP contribution in [-0.4, -0.2) is 29.4 Å². The molecule has 6 nitrogen and oxygen atoms in total. The molecule has 1 aliphatic carbocycles. The molecule has 180 valence electrons. The van der Waals surface area contributed by atoms with Crippen LogP contribution in [0.15, 0.2) is 53.8 Å². The van der Waals surface area contributed by atoms with Crippen molar-refractivity contribution in [2.75, 3.05) is 11.5 Å². The minimum Gasteiger partial charge on any atom is -0.494 e. The molecule has 0 spiro atoms. The van der Waals surface area contributed by atoms with Crippen LogP contribution in [0.3, 0.4) is 0 Å². The molecule has 6 rings (SSSR count). The van der Waals surface area contributed by atoms with Crippen molar-refractivity contribution in [3.05, 3.63) is 65.2 Å². The number of Topliss-reactive ketones (excluding diaryl/α,β-unsaturated/α-hetero) is 1. The number of halogens is 1. The van der Waals surface area contributed by atoms with Gasteiger partial charge in [-0.2, -0.15) is 0 Å². The summed E-state index contributed by atoms with van der Waals surface area (Å²) in [4.78, 5) is 33.9. The summed E-state index contributed by atoms with van der Waals surface area (Å²) >= 11 is 1.23. The first-order valence-electron chi connectivity index (χ1n) is 12.0. The normalized spacial score (nSPS) is 26.1. The van der Waals surface area contributed by atoms with Crippen molar-refractivity contribution < 1.29 is 23.5 Å². The predicted octanol–water partition coefficient (Wildman–Crippen LogP) is 5.58. The maximum Gasteiger partial charge on any atom is 0.296 e. The Bertz CT molecular complexity index is 1380. The molecule has 1 saturated carbocycles. The molecule has 2 aliphatic heterocycles. The Balaban J connectivity index is 1.50. The van der Waals surface area contributed by atoms with Gasteiger partial charge in [-0.05, 0) is 68.0 Å². The lowest BCUT2D eigenvalue weighted by Gasteiger charge is -2.37. The Hall–Kier alpha value is -3.26. The molecule has 4 atom stereocenters. The summed E-state index contributed by atoms with van der Waals surface area (Å²) in [7, 11) is 0. The lowest BCUT2D eigenvalue weighted by Crippen LogP contribution is -2.41. The highest BCUT2D eigenvalue weighted by Crippen LogP contribution is 2.50. The van der Waals surface area contributed by atoms with Crippen LogP contribution in [0.5, 0.6) is 5.75 Å². The van der Waals surface area contributed by atoms with Crippen LogP contribution in [0.4, 0.5) is 9.52 Å². The Morgan fingerprint density at radius 3 is 2.89 bits per heavy atom. The third-order valence-corrected chi connectivity index (χ3v) is 8.16. The molecule has 8 heteroatoms. The van der Waals surface area contributed by atoms with Crippen molar-refractivity contribution >= 4 is 38.4 Å². The first kappa shape index (κ1) is 22.2. The summed E-state index contributed by atoms with van der Waals surface area (Å²) < 4.78 is 26.5. The molecule has 35 heavy (non-hydrogen) atoms. The standard InChI is InChI=1S/C27H25FN2O4S/c1-3-33-17-6-4-5-15(12-17)23-22-24(31)18-11-14(2)7-10-20(18)34-25(22)26(32)30(23)27-29-19-9-8-16(28)13-21(19)35-27/h4-6,8-9,12-14,18,20,23H,3,7,10-11H2,1-2H3. The second-order valence-electron chi connectivity index (χ2n) is 9.48. The van der Waals surface area contributed by atoms with E-state index in [9.17, 15) is 14.0 Å². The van der Waals surface area contributed by atoms with E-state index in [4.69, 9.17) is 9.47 Å². The molecule has 2 aromatic carbocycles. The SMILES string of the molecule is CCOc1cccc(C2C3=C(OC4CCC(C)CC4C3=O)C(=O)N2c2nc3ccc(F)cc3s2)c1. The maximum absolute atomic E-state index is 13.9. The smallest absolute Gasteiger partial charge is 0.296 e. The van der Waals surface area contributed by atoms with Crippen molar-refractivity contribution in [3.63, 3.8) is 0 Å². The number of aromatic nitrogens is 1. The van der Waals surface area contributed by atoms with Gasteiger partial charge in [0, 0.05) is 0 Å². The van der Waals surface area contributed by atoms with Crippen LogP contribution in [0.25, 0.3) is 10.2 Å². The van der Waals surface area contributed by atoms with Crippen molar-refractivity contribution in [1.29, 1.82) is 0 Å². The third kappa shape index (κ3) is 3.62. The highest BCUT2D eigenvalue weighted by Gasteiger charge is 2.53. The highest BCUT2D eigenvalue weighted by molar-refractivity contribution is 7.22. The van der Waals surface area contributed by atoms with Crippen LogP contribution in [0.2, 0.25) is 0 Å². The number of amides is 1. The van der Waals surface area contributed by atoms with Crippen molar-refractivity contribution in [2.24, 2.45) is 11.8 Å². The summed E-state index contributed by atoms with van der Waals surface area (Å²) in [5.74, 6) is 0.199. The van der Waals surface area contributed by atoms with Crippen LogP contribution in [-0.2, 0) is 14.3 Å². The van der Waals surface area contributed by atoms with Gasteiger partial charge >= 0.3 is 0 Å². The fourth-order valence-electron chi connectivity index (χ4n) is 5.52. The summed E-state index contributed by atoms with van der Waals surface area (Å²) in [6.07, 6.45) is 2.20. The minimum absolute atomic E-state index is 0.0161. The Kier molecular flexibility index (Phi) is 5.36.